The van der Waals surface area contributed by atoms with Gasteiger partial charge in [-0.05, 0) is 68.9 Å². The molecule has 1 aliphatic heterocycles. The van der Waals surface area contributed by atoms with Crippen LogP contribution in [0.4, 0.5) is 0 Å². The third-order valence-corrected chi connectivity index (χ3v) is 6.79. The van der Waals surface area contributed by atoms with Gasteiger partial charge in [-0.3, -0.25) is 20.0 Å². The summed E-state index contributed by atoms with van der Waals surface area (Å²) >= 11 is 0. The summed E-state index contributed by atoms with van der Waals surface area (Å²) in [6.07, 6.45) is 1.31. The predicted octanol–water partition coefficient (Wildman–Crippen LogP) is 3.39. The van der Waals surface area contributed by atoms with Gasteiger partial charge < -0.3 is 30.5 Å². The number of carboxylic acids is 1. The standard InChI is InChI=1S/C31H43N5O6/c1-30(2,3)25(29(39)40)41-21-13-15-36(16-14-21)28(38)24(17-19-7-10-22(11-8-19)42-31(4,5)6)35-27(37)23-12-9-20(18-34-23)26(32)33/h7-12,18,21,24-25H,13-17H2,1-6H3,(H3,32,33)(H,35,37)(H,39,40)/t24-,25?/m0/s1. The number of nitrogens with one attached hydrogen (secondary N) is 2. The number of carboxylic acid groups (broad SMARTS) is 1. The summed E-state index contributed by atoms with van der Waals surface area (Å²) in [7, 11) is 0. The van der Waals surface area contributed by atoms with Gasteiger partial charge in [0.05, 0.1) is 6.10 Å². The molecule has 1 saturated heterocycles. The van der Waals surface area contributed by atoms with E-state index in [9.17, 15) is 19.5 Å². The van der Waals surface area contributed by atoms with Crippen molar-refractivity contribution in [3.63, 3.8) is 0 Å². The van der Waals surface area contributed by atoms with Gasteiger partial charge in [-0.15, -0.1) is 0 Å². The van der Waals surface area contributed by atoms with Gasteiger partial charge in [-0.1, -0.05) is 32.9 Å². The van der Waals surface area contributed by atoms with Crippen LogP contribution in [0.2, 0.25) is 0 Å². The number of nitrogens with two attached hydrogens (primary N) is 1. The molecule has 0 aliphatic carbocycles. The fourth-order valence-electron chi connectivity index (χ4n) is 4.66. The molecule has 42 heavy (non-hydrogen) atoms. The van der Waals surface area contributed by atoms with E-state index in [4.69, 9.17) is 20.6 Å². The molecule has 5 N–H and O–H groups in total. The molecule has 2 aromatic rings. The molecular weight excluding hydrogens is 538 g/mol. The highest BCUT2D eigenvalue weighted by Gasteiger charge is 2.37. The largest absolute Gasteiger partial charge is 0.488 e. The van der Waals surface area contributed by atoms with Crippen LogP contribution in [-0.4, -0.2) is 75.6 Å². The van der Waals surface area contributed by atoms with Gasteiger partial charge in [0.15, 0.2) is 6.10 Å². The first-order valence-electron chi connectivity index (χ1n) is 14.1. The first kappa shape index (κ1) is 32.5. The molecule has 1 aromatic carbocycles. The maximum absolute atomic E-state index is 13.8. The van der Waals surface area contributed by atoms with Gasteiger partial charge in [0, 0.05) is 31.3 Å². The van der Waals surface area contributed by atoms with Gasteiger partial charge in [0.25, 0.3) is 5.91 Å². The van der Waals surface area contributed by atoms with Crippen molar-refractivity contribution in [3.8, 4) is 5.75 Å². The first-order valence-corrected chi connectivity index (χ1v) is 14.1. The summed E-state index contributed by atoms with van der Waals surface area (Å²) in [6, 6.07) is 9.52. The number of hydrogen-bond acceptors (Lipinski definition) is 7. The lowest BCUT2D eigenvalue weighted by Crippen LogP contribution is -2.53. The predicted molar refractivity (Wildman–Crippen MR) is 159 cm³/mol. The number of carbonyl (C=O) groups excluding carboxylic acids is 2. The van der Waals surface area contributed by atoms with Crippen LogP contribution >= 0.6 is 0 Å². The topological polar surface area (TPSA) is 168 Å². The Balaban J connectivity index is 1.74. The van der Waals surface area contributed by atoms with E-state index in [2.05, 4.69) is 10.3 Å². The lowest BCUT2D eigenvalue weighted by Gasteiger charge is -2.37. The highest BCUT2D eigenvalue weighted by atomic mass is 16.5. The second-order valence-electron chi connectivity index (χ2n) is 12.7. The van der Waals surface area contributed by atoms with E-state index in [1.807, 2.05) is 65.8 Å². The maximum Gasteiger partial charge on any atom is 0.333 e. The highest BCUT2D eigenvalue weighted by Crippen LogP contribution is 2.27. The Bertz CT molecular complexity index is 1260. The number of nitrogens with zero attached hydrogens (tertiary/aromatic N) is 2. The summed E-state index contributed by atoms with van der Waals surface area (Å²) < 4.78 is 11.8. The van der Waals surface area contributed by atoms with Crippen molar-refractivity contribution in [1.29, 1.82) is 5.41 Å². The lowest BCUT2D eigenvalue weighted by atomic mass is 9.88. The van der Waals surface area contributed by atoms with E-state index in [1.165, 1.54) is 18.3 Å². The van der Waals surface area contributed by atoms with Crippen molar-refractivity contribution >= 4 is 23.6 Å². The summed E-state index contributed by atoms with van der Waals surface area (Å²) in [5.41, 5.74) is 5.89. The molecule has 0 bridgehead atoms. The van der Waals surface area contributed by atoms with Crippen molar-refractivity contribution in [2.24, 2.45) is 11.1 Å². The SMILES string of the molecule is CC(C)(C)Oc1ccc(C[C@H](NC(=O)c2ccc(C(=N)N)cn2)C(=O)N2CCC(OC(C(=O)O)C(C)(C)C)CC2)cc1. The zero-order valence-electron chi connectivity index (χ0n) is 25.3. The molecule has 1 unspecified atom stereocenters. The molecule has 11 nitrogen and oxygen atoms in total. The molecule has 0 saturated carbocycles. The highest BCUT2D eigenvalue weighted by molar-refractivity contribution is 5.98. The molecular formula is C31H43N5O6. The van der Waals surface area contributed by atoms with Crippen LogP contribution in [0.25, 0.3) is 0 Å². The van der Waals surface area contributed by atoms with Gasteiger partial charge in [-0.25, -0.2) is 4.79 Å². The van der Waals surface area contributed by atoms with Crippen LogP contribution in [0.3, 0.4) is 0 Å². The number of benzene rings is 1. The molecule has 0 radical (unpaired) electrons. The summed E-state index contributed by atoms with van der Waals surface area (Å²) in [4.78, 5) is 44.4. The van der Waals surface area contributed by atoms with Crippen LogP contribution in [0.5, 0.6) is 5.75 Å². The number of amidine groups is 1. The van der Waals surface area contributed by atoms with E-state index in [1.54, 1.807) is 4.90 Å². The number of amides is 2. The maximum atomic E-state index is 13.8. The zero-order chi connectivity index (χ0) is 31.2. The molecule has 2 amide bonds. The van der Waals surface area contributed by atoms with Crippen molar-refractivity contribution in [3.05, 3.63) is 59.4 Å². The number of aromatic nitrogens is 1. The van der Waals surface area contributed by atoms with Crippen LogP contribution in [0.1, 0.15) is 76.0 Å². The van der Waals surface area contributed by atoms with E-state index in [0.717, 1.165) is 5.56 Å². The van der Waals surface area contributed by atoms with Crippen molar-refractivity contribution < 1.29 is 29.0 Å². The number of carbonyl (C=O) groups is 3. The molecule has 1 fully saturated rings. The monoisotopic (exact) mass is 581 g/mol. The van der Waals surface area contributed by atoms with Crippen molar-refractivity contribution in [2.45, 2.75) is 84.7 Å². The number of hydrogen-bond donors (Lipinski definition) is 4. The van der Waals surface area contributed by atoms with E-state index < -0.39 is 29.4 Å². The first-order chi connectivity index (χ1) is 19.5. The van der Waals surface area contributed by atoms with Crippen LogP contribution < -0.4 is 15.8 Å². The number of piperidine rings is 1. The zero-order valence-corrected chi connectivity index (χ0v) is 25.3. The molecule has 0 spiro atoms. The van der Waals surface area contributed by atoms with Gasteiger partial charge in [0.1, 0.15) is 28.9 Å². The Morgan fingerprint density at radius 3 is 2.17 bits per heavy atom. The van der Waals surface area contributed by atoms with Crippen molar-refractivity contribution in [2.75, 3.05) is 13.1 Å². The summed E-state index contributed by atoms with van der Waals surface area (Å²) in [5.74, 6) is -1.24. The second kappa shape index (κ2) is 13.3. The molecule has 1 aliphatic rings. The normalized spacial score (nSPS) is 15.9. The van der Waals surface area contributed by atoms with E-state index >= 15 is 0 Å². The number of aliphatic carboxylic acids is 1. The summed E-state index contributed by atoms with van der Waals surface area (Å²) in [5, 5.41) is 20.0. The minimum atomic E-state index is -1.01. The third-order valence-electron chi connectivity index (χ3n) is 6.79. The molecule has 3 rings (SSSR count). The van der Waals surface area contributed by atoms with Gasteiger partial charge in [0.2, 0.25) is 5.91 Å². The van der Waals surface area contributed by atoms with Gasteiger partial charge >= 0.3 is 5.97 Å². The number of rotatable bonds is 10. The number of ether oxygens (including phenoxy) is 2. The Labute approximate surface area is 247 Å². The Hall–Kier alpha value is -3.99. The minimum absolute atomic E-state index is 0.0979. The van der Waals surface area contributed by atoms with Gasteiger partial charge in [-0.2, -0.15) is 0 Å². The average Bonchev–Trinajstić information content (AvgIpc) is 2.90. The molecule has 228 valence electrons. The Kier molecular flexibility index (Phi) is 10.3. The molecule has 2 heterocycles. The number of likely N-dealkylation sites (tertiary alicyclic amines) is 1. The number of nitrogen functional groups attached to an aromatic ring is 1. The fraction of sp³-hybridized carbons (Fsp3) is 0.516. The molecule has 1 aromatic heterocycles. The second-order valence-corrected chi connectivity index (χ2v) is 12.7. The minimum Gasteiger partial charge on any atom is -0.488 e. The van der Waals surface area contributed by atoms with Crippen molar-refractivity contribution in [1.82, 2.24) is 15.2 Å². The lowest BCUT2D eigenvalue weighted by molar-refractivity contribution is -0.167. The van der Waals surface area contributed by atoms with E-state index in [-0.39, 0.29) is 35.6 Å². The van der Waals surface area contributed by atoms with Crippen LogP contribution in [0.15, 0.2) is 42.6 Å². The third kappa shape index (κ3) is 9.27. The molecule has 2 atom stereocenters. The summed E-state index contributed by atoms with van der Waals surface area (Å²) in [6.45, 7) is 12.1. The Morgan fingerprint density at radius 1 is 1.07 bits per heavy atom. The number of pyridine rings is 1. The van der Waals surface area contributed by atoms with E-state index in [0.29, 0.717) is 37.2 Å². The smallest absolute Gasteiger partial charge is 0.333 e. The quantitative estimate of drug-likeness (QED) is 0.245. The Morgan fingerprint density at radius 2 is 1.69 bits per heavy atom. The van der Waals surface area contributed by atoms with Crippen LogP contribution in [-0.2, 0) is 20.7 Å². The molecule has 11 heteroatoms. The van der Waals surface area contributed by atoms with Crippen LogP contribution in [0, 0.1) is 10.8 Å². The fourth-order valence-corrected chi connectivity index (χ4v) is 4.66. The average molecular weight is 582 g/mol.